The number of amides is 1. The molecule has 15 heteroatoms. The van der Waals surface area contributed by atoms with Crippen LogP contribution in [-0.2, 0) is 26.9 Å². The molecule has 8 nitrogen and oxygen atoms in total. The van der Waals surface area contributed by atoms with Gasteiger partial charge in [0.15, 0.2) is 28.2 Å². The van der Waals surface area contributed by atoms with E-state index < -0.39 is 73.9 Å². The molecule has 1 atom stereocenters. The van der Waals surface area contributed by atoms with Crippen molar-refractivity contribution >= 4 is 32.5 Å². The summed E-state index contributed by atoms with van der Waals surface area (Å²) in [6.45, 7) is -0.878. The van der Waals surface area contributed by atoms with Crippen LogP contribution in [0.25, 0.3) is 10.9 Å². The van der Waals surface area contributed by atoms with Gasteiger partial charge in [-0.1, -0.05) is 116 Å². The lowest BCUT2D eigenvalue weighted by atomic mass is 9.77. The van der Waals surface area contributed by atoms with E-state index in [1.165, 1.54) is 18.3 Å². The van der Waals surface area contributed by atoms with Gasteiger partial charge in [0.05, 0.1) is 29.6 Å². The molecule has 1 saturated heterocycles. The Morgan fingerprint density at radius 3 is 1.75 bits per heavy atom. The Bertz CT molecular complexity index is 2810. The lowest BCUT2D eigenvalue weighted by Gasteiger charge is -2.41. The molecule has 63 heavy (non-hydrogen) atoms. The van der Waals surface area contributed by atoms with Crippen LogP contribution in [0.3, 0.4) is 0 Å². The Labute approximate surface area is 359 Å². The number of anilines is 1. The number of pyridine rings is 1. The summed E-state index contributed by atoms with van der Waals surface area (Å²) >= 11 is 0. The number of benzene rings is 5. The largest absolute Gasteiger partial charge is 0.302 e. The second-order valence-corrected chi connectivity index (χ2v) is 17.7. The van der Waals surface area contributed by atoms with Gasteiger partial charge in [0, 0.05) is 18.1 Å². The minimum absolute atomic E-state index is 0.209. The molecule has 2 fully saturated rings. The van der Waals surface area contributed by atoms with Crippen molar-refractivity contribution in [1.29, 1.82) is 0 Å². The van der Waals surface area contributed by atoms with Crippen LogP contribution >= 0.6 is 0 Å². The summed E-state index contributed by atoms with van der Waals surface area (Å²) in [7, 11) is -5.51. The second-order valence-electron chi connectivity index (χ2n) is 15.9. The van der Waals surface area contributed by atoms with E-state index in [9.17, 15) is 26.4 Å². The summed E-state index contributed by atoms with van der Waals surface area (Å²) in [6, 6.07) is 33.3. The van der Waals surface area contributed by atoms with Crippen molar-refractivity contribution in [2.24, 2.45) is 0 Å². The molecule has 3 heterocycles. The Hall–Kier alpha value is -6.32. The van der Waals surface area contributed by atoms with Crippen LogP contribution in [-0.4, -0.2) is 46.0 Å². The lowest BCUT2D eigenvalue weighted by molar-refractivity contribution is -0.125. The summed E-state index contributed by atoms with van der Waals surface area (Å²) in [5.41, 5.74) is 2.64. The monoisotopic (exact) mass is 879 g/mol. The standard InChI is InChI=1S/C48H39F6N5O3S/c49-37-25-32-28-56-59(48(33-15-7-2-8-16-33,34-17-9-3-10-18-34)35-19-11-4-12-20-35)39(32)26-40(37)57(29-36-22-21-31(27-55-36)30-13-5-1-6-14-30)47(60)38-23-24-58(38)63(61,62)46-44(53)42(51)41(50)43(52)45(46)54/h2-4,7-12,15-22,25-28,30,38H,1,5-6,13-14,23-24,29H2/t38-/m1/s1. The first kappa shape index (κ1) is 42.0. The van der Waals surface area contributed by atoms with Gasteiger partial charge in [0.25, 0.3) is 0 Å². The highest BCUT2D eigenvalue weighted by Crippen LogP contribution is 2.44. The average molecular weight is 880 g/mol. The molecular weight excluding hydrogens is 841 g/mol. The number of fused-ring (bicyclic) bond motifs is 1. The zero-order valence-electron chi connectivity index (χ0n) is 33.6. The highest BCUT2D eigenvalue weighted by atomic mass is 32.2. The molecule has 9 rings (SSSR count). The second kappa shape index (κ2) is 16.8. The Balaban J connectivity index is 1.20. The van der Waals surface area contributed by atoms with Crippen LogP contribution in [0, 0.1) is 34.9 Å². The summed E-state index contributed by atoms with van der Waals surface area (Å²) in [4.78, 5) is 18.4. The van der Waals surface area contributed by atoms with Gasteiger partial charge < -0.3 is 4.90 Å². The molecule has 2 aromatic heterocycles. The van der Waals surface area contributed by atoms with E-state index in [4.69, 9.17) is 5.10 Å². The van der Waals surface area contributed by atoms with Gasteiger partial charge in [-0.2, -0.15) is 9.40 Å². The van der Waals surface area contributed by atoms with Gasteiger partial charge in [-0.3, -0.25) is 9.78 Å². The minimum Gasteiger partial charge on any atom is -0.302 e. The number of hydrogen-bond donors (Lipinski definition) is 0. The Kier molecular flexibility index (Phi) is 11.2. The number of carbonyl (C=O) groups excluding carboxylic acids is 1. The number of nitrogens with zero attached hydrogens (tertiary/aromatic N) is 5. The third kappa shape index (κ3) is 7.16. The molecule has 322 valence electrons. The van der Waals surface area contributed by atoms with Crippen molar-refractivity contribution in [2.45, 2.75) is 67.5 Å². The smallest absolute Gasteiger partial charge is 0.249 e. The van der Waals surface area contributed by atoms with Crippen molar-refractivity contribution in [1.82, 2.24) is 19.1 Å². The maximum atomic E-state index is 16.8. The van der Waals surface area contributed by atoms with Gasteiger partial charge in [0.1, 0.15) is 17.4 Å². The van der Waals surface area contributed by atoms with Gasteiger partial charge in [-0.05, 0) is 65.6 Å². The van der Waals surface area contributed by atoms with Crippen molar-refractivity contribution < 1.29 is 39.6 Å². The van der Waals surface area contributed by atoms with E-state index in [1.807, 2.05) is 97.1 Å². The van der Waals surface area contributed by atoms with Crippen molar-refractivity contribution in [3.05, 3.63) is 191 Å². The first-order valence-corrected chi connectivity index (χ1v) is 22.0. The molecule has 5 aromatic carbocycles. The zero-order valence-corrected chi connectivity index (χ0v) is 34.4. The van der Waals surface area contributed by atoms with E-state index in [0.717, 1.165) is 59.3 Å². The molecule has 2 aliphatic rings. The fourth-order valence-electron chi connectivity index (χ4n) is 9.07. The SMILES string of the molecule is O=C([C@H]1CCN1S(=O)(=O)c1c(F)c(F)c(F)c(F)c1F)N(Cc1ccc(C2CCCCC2)cn1)c1cc2c(cnn2C(c2ccccc2)(c2ccccc2)c2ccccc2)cc1F. The van der Waals surface area contributed by atoms with Crippen molar-refractivity contribution in [2.75, 3.05) is 11.4 Å². The molecule has 0 bridgehead atoms. The molecule has 0 unspecified atom stereocenters. The zero-order chi connectivity index (χ0) is 44.0. The first-order valence-electron chi connectivity index (χ1n) is 20.6. The normalized spacial score (nSPS) is 16.3. The van der Waals surface area contributed by atoms with Crippen LogP contribution < -0.4 is 4.90 Å². The van der Waals surface area contributed by atoms with E-state index in [0.29, 0.717) is 26.8 Å². The predicted molar refractivity (Wildman–Crippen MR) is 224 cm³/mol. The lowest BCUT2D eigenvalue weighted by Crippen LogP contribution is -2.59. The molecule has 0 radical (unpaired) electrons. The first-order chi connectivity index (χ1) is 30.4. The van der Waals surface area contributed by atoms with Crippen molar-refractivity contribution in [3.8, 4) is 0 Å². The van der Waals surface area contributed by atoms with E-state index in [1.54, 1.807) is 16.9 Å². The fraction of sp³-hybridized carbons (Fsp3) is 0.229. The number of carbonyl (C=O) groups is 1. The van der Waals surface area contributed by atoms with Crippen LogP contribution in [0.5, 0.6) is 0 Å². The number of halogens is 6. The quantitative estimate of drug-likeness (QED) is 0.0559. The molecule has 1 aliphatic heterocycles. The van der Waals surface area contributed by atoms with Crippen LogP contribution in [0.4, 0.5) is 32.0 Å². The maximum absolute atomic E-state index is 16.8. The number of aromatic nitrogens is 3. The summed E-state index contributed by atoms with van der Waals surface area (Å²) in [5, 5.41) is 5.25. The number of hydrogen-bond acceptors (Lipinski definition) is 5. The molecule has 7 aromatic rings. The molecular formula is C48H39F6N5O3S. The van der Waals surface area contributed by atoms with Crippen LogP contribution in [0.15, 0.2) is 133 Å². The van der Waals surface area contributed by atoms with E-state index in [-0.39, 0.29) is 18.7 Å². The van der Waals surface area contributed by atoms with Gasteiger partial charge in [0.2, 0.25) is 21.7 Å². The third-order valence-electron chi connectivity index (χ3n) is 12.3. The summed E-state index contributed by atoms with van der Waals surface area (Å²) in [5.74, 6) is -14.2. The number of sulfonamides is 1. The molecule has 0 N–H and O–H groups in total. The van der Waals surface area contributed by atoms with E-state index in [2.05, 4.69) is 4.98 Å². The van der Waals surface area contributed by atoms with Crippen molar-refractivity contribution in [3.63, 3.8) is 0 Å². The minimum atomic E-state index is -5.51. The number of rotatable bonds is 11. The van der Waals surface area contributed by atoms with Gasteiger partial charge >= 0.3 is 0 Å². The van der Waals surface area contributed by atoms with Gasteiger partial charge in [-0.25, -0.2) is 39.4 Å². The average Bonchev–Trinajstić information content (AvgIpc) is 3.70. The molecule has 1 aliphatic carbocycles. The topological polar surface area (TPSA) is 88.4 Å². The Morgan fingerprint density at radius 2 is 1.24 bits per heavy atom. The summed E-state index contributed by atoms with van der Waals surface area (Å²) in [6.07, 6.45) is 8.31. The van der Waals surface area contributed by atoms with E-state index >= 15 is 13.2 Å². The maximum Gasteiger partial charge on any atom is 0.249 e. The highest BCUT2D eigenvalue weighted by Gasteiger charge is 2.49. The van der Waals surface area contributed by atoms with Gasteiger partial charge in [-0.15, -0.1) is 0 Å². The third-order valence-corrected chi connectivity index (χ3v) is 14.3. The highest BCUT2D eigenvalue weighted by molar-refractivity contribution is 7.89. The summed E-state index contributed by atoms with van der Waals surface area (Å²) < 4.78 is 119. The fourth-order valence-corrected chi connectivity index (χ4v) is 10.8. The van der Waals surface area contributed by atoms with Crippen LogP contribution in [0.1, 0.15) is 72.4 Å². The van der Waals surface area contributed by atoms with Crippen LogP contribution in [0.2, 0.25) is 0 Å². The molecule has 0 spiro atoms. The predicted octanol–water partition coefficient (Wildman–Crippen LogP) is 10.2. The Morgan fingerprint density at radius 1 is 0.683 bits per heavy atom. The molecule has 1 amide bonds. The molecule has 1 saturated carbocycles.